The Balaban J connectivity index is 4.25. The van der Waals surface area contributed by atoms with Crippen LogP contribution in [0.15, 0.2) is 0 Å². The fraction of sp³-hybridized carbons (Fsp3) is 1.00. The third kappa shape index (κ3) is 4.36. The molecule has 0 aromatic carbocycles. The van der Waals surface area contributed by atoms with Gasteiger partial charge in [-0.15, -0.1) is 0 Å². The van der Waals surface area contributed by atoms with Crippen LogP contribution >= 0.6 is 10.0 Å². The van der Waals surface area contributed by atoms with Crippen LogP contribution in [0.1, 0.15) is 13.8 Å². The summed E-state index contributed by atoms with van der Waals surface area (Å²) in [5.74, 6) is 0.808. The van der Waals surface area contributed by atoms with Gasteiger partial charge in [0.15, 0.2) is 0 Å². The highest BCUT2D eigenvalue weighted by Gasteiger charge is 2.23. The second kappa shape index (κ2) is 4.52. The van der Waals surface area contributed by atoms with Crippen molar-refractivity contribution in [1.29, 1.82) is 0 Å². The minimum absolute atomic E-state index is 0.401. The molecule has 0 saturated heterocycles. The smallest absolute Gasteiger partial charge is 0.00824 e. The molecule has 0 aromatic rings. The molecular weight excluding hydrogens is 166 g/mol. The van der Waals surface area contributed by atoms with Gasteiger partial charge in [-0.1, -0.05) is 13.8 Å². The van der Waals surface area contributed by atoms with Gasteiger partial charge in [0.25, 0.3) is 0 Å². The Morgan fingerprint density at radius 2 is 1.50 bits per heavy atom. The zero-order chi connectivity index (χ0) is 9.94. The molecule has 0 aliphatic heterocycles. The molecule has 0 aliphatic carbocycles. The first-order chi connectivity index (χ1) is 5.25. The van der Waals surface area contributed by atoms with Crippen molar-refractivity contribution in [2.75, 3.05) is 39.4 Å². The van der Waals surface area contributed by atoms with Gasteiger partial charge in [-0.3, -0.25) is 0 Å². The largest absolute Gasteiger partial charge is 0.308 e. The minimum atomic E-state index is -0.401. The molecule has 0 amide bonds. The van der Waals surface area contributed by atoms with Gasteiger partial charge in [0.05, 0.1) is 0 Å². The highest BCUT2D eigenvalue weighted by molar-refractivity contribution is 8.32. The Hall–Kier alpha value is 0.310. The minimum Gasteiger partial charge on any atom is -0.308 e. The van der Waals surface area contributed by atoms with Crippen LogP contribution in [0.5, 0.6) is 0 Å². The number of nitrogens with zero attached hydrogens (tertiary/aromatic N) is 1. The normalized spacial score (nSPS) is 17.1. The summed E-state index contributed by atoms with van der Waals surface area (Å²) in [6.45, 7) is 5.91. The average molecular weight is 191 g/mol. The second-order valence-corrected chi connectivity index (χ2v) is 9.45. The first-order valence-corrected chi connectivity index (χ1v) is 7.49. The van der Waals surface area contributed by atoms with E-state index in [1.54, 1.807) is 0 Å². The van der Waals surface area contributed by atoms with E-state index in [0.29, 0.717) is 0 Å². The third-order valence-electron chi connectivity index (χ3n) is 2.20. The molecule has 1 nitrogen and oxygen atoms in total. The lowest BCUT2D eigenvalue weighted by Crippen LogP contribution is -2.33. The quantitative estimate of drug-likeness (QED) is 0.659. The van der Waals surface area contributed by atoms with Gasteiger partial charge in [-0.25, -0.2) is 10.0 Å². The predicted molar refractivity (Wildman–Crippen MR) is 62.5 cm³/mol. The Kier molecular flexibility index (Phi) is 4.64. The van der Waals surface area contributed by atoms with E-state index >= 15 is 0 Å². The molecule has 0 N–H and O–H groups in total. The van der Waals surface area contributed by atoms with Gasteiger partial charge in [-0.2, -0.15) is 0 Å². The zero-order valence-corrected chi connectivity index (χ0v) is 10.5. The highest BCUT2D eigenvalue weighted by atomic mass is 32.3. The number of hydrogen-bond acceptors (Lipinski definition) is 1. The fourth-order valence-electron chi connectivity index (χ4n) is 1.61. The molecule has 0 spiro atoms. The number of hydrogen-bond donors (Lipinski definition) is 0. The highest BCUT2D eigenvalue weighted by Crippen LogP contribution is 2.44. The Labute approximate surface area is 79.8 Å². The van der Waals surface area contributed by atoms with Gasteiger partial charge >= 0.3 is 0 Å². The monoisotopic (exact) mass is 191 g/mol. The maximum absolute atomic E-state index is 2.42. The molecule has 0 radical (unpaired) electrons. The molecule has 0 aromatic heterocycles. The van der Waals surface area contributed by atoms with Crippen LogP contribution in [0.3, 0.4) is 0 Å². The molecular formula is C10H25NS. The predicted octanol–water partition coefficient (Wildman–Crippen LogP) is 2.27. The van der Waals surface area contributed by atoms with Gasteiger partial charge in [0.1, 0.15) is 0 Å². The summed E-state index contributed by atoms with van der Waals surface area (Å²) in [5.41, 5.74) is 0. The maximum atomic E-state index is 2.42. The van der Waals surface area contributed by atoms with Crippen molar-refractivity contribution in [2.45, 2.75) is 19.1 Å². The lowest BCUT2D eigenvalue weighted by atomic mass is 10.1. The van der Waals surface area contributed by atoms with Gasteiger partial charge in [0, 0.05) is 11.8 Å². The molecule has 0 aliphatic rings. The third-order valence-corrected chi connectivity index (χ3v) is 4.71. The molecule has 76 valence electrons. The van der Waals surface area contributed by atoms with Crippen molar-refractivity contribution >= 4 is 10.0 Å². The van der Waals surface area contributed by atoms with Crippen molar-refractivity contribution in [3.8, 4) is 0 Å². The van der Waals surface area contributed by atoms with Gasteiger partial charge in [0.2, 0.25) is 0 Å². The molecule has 12 heavy (non-hydrogen) atoms. The SMILES string of the molecule is CC(C)C(CN(C)C)S(C)(C)C. The van der Waals surface area contributed by atoms with Gasteiger partial charge in [-0.05, 0) is 38.8 Å². The van der Waals surface area contributed by atoms with Crippen LogP contribution in [0, 0.1) is 5.92 Å². The average Bonchev–Trinajstić information content (AvgIpc) is 1.79. The number of rotatable bonds is 4. The summed E-state index contributed by atoms with van der Waals surface area (Å²) in [4.78, 5) is 2.31. The zero-order valence-electron chi connectivity index (χ0n) is 9.72. The Morgan fingerprint density at radius 1 is 1.08 bits per heavy atom. The summed E-state index contributed by atoms with van der Waals surface area (Å²) in [7, 11) is 3.93. The van der Waals surface area contributed by atoms with Crippen molar-refractivity contribution < 1.29 is 0 Å². The summed E-state index contributed by atoms with van der Waals surface area (Å²) in [6, 6.07) is 0. The molecule has 0 rings (SSSR count). The van der Waals surface area contributed by atoms with E-state index in [1.807, 2.05) is 0 Å². The van der Waals surface area contributed by atoms with Crippen molar-refractivity contribution in [2.24, 2.45) is 5.92 Å². The Bertz CT molecular complexity index is 124. The van der Waals surface area contributed by atoms with Crippen LogP contribution in [0.2, 0.25) is 0 Å². The fourth-order valence-corrected chi connectivity index (χ4v) is 3.99. The van der Waals surface area contributed by atoms with E-state index in [9.17, 15) is 0 Å². The molecule has 2 heteroatoms. The van der Waals surface area contributed by atoms with Crippen LogP contribution in [0.25, 0.3) is 0 Å². The van der Waals surface area contributed by atoms with E-state index in [1.165, 1.54) is 6.54 Å². The molecule has 1 atom stereocenters. The van der Waals surface area contributed by atoms with E-state index in [2.05, 4.69) is 51.6 Å². The van der Waals surface area contributed by atoms with E-state index < -0.39 is 10.0 Å². The Morgan fingerprint density at radius 3 is 1.58 bits per heavy atom. The van der Waals surface area contributed by atoms with E-state index in [4.69, 9.17) is 0 Å². The topological polar surface area (TPSA) is 3.24 Å². The first kappa shape index (κ1) is 12.3. The molecule has 0 fully saturated rings. The lowest BCUT2D eigenvalue weighted by molar-refractivity contribution is 0.376. The lowest BCUT2D eigenvalue weighted by Gasteiger charge is -2.40. The molecule has 0 bridgehead atoms. The van der Waals surface area contributed by atoms with Gasteiger partial charge < -0.3 is 4.90 Å². The van der Waals surface area contributed by atoms with Crippen LogP contribution in [-0.4, -0.2) is 49.6 Å². The summed E-state index contributed by atoms with van der Waals surface area (Å²) >= 11 is 0. The summed E-state index contributed by atoms with van der Waals surface area (Å²) in [6.07, 6.45) is 7.25. The maximum Gasteiger partial charge on any atom is 0.00824 e. The van der Waals surface area contributed by atoms with Crippen LogP contribution in [-0.2, 0) is 0 Å². The molecule has 0 saturated carbocycles. The second-order valence-electron chi connectivity index (χ2n) is 4.98. The van der Waals surface area contributed by atoms with Crippen LogP contribution in [0.4, 0.5) is 0 Å². The van der Waals surface area contributed by atoms with Crippen molar-refractivity contribution in [1.82, 2.24) is 4.90 Å². The molecule has 1 unspecified atom stereocenters. The summed E-state index contributed by atoms with van der Waals surface area (Å²) in [5, 5.41) is 0.868. The standard InChI is InChI=1S/C10H25NS/c1-9(2)10(8-11(3)4)12(5,6)7/h9-10H,8H2,1-7H3. The first-order valence-electron chi connectivity index (χ1n) is 4.57. The van der Waals surface area contributed by atoms with E-state index in [0.717, 1.165) is 11.2 Å². The van der Waals surface area contributed by atoms with Crippen molar-refractivity contribution in [3.63, 3.8) is 0 Å². The molecule has 0 heterocycles. The summed E-state index contributed by atoms with van der Waals surface area (Å²) < 4.78 is 0. The van der Waals surface area contributed by atoms with E-state index in [-0.39, 0.29) is 0 Å². The van der Waals surface area contributed by atoms with Crippen molar-refractivity contribution in [3.05, 3.63) is 0 Å². The van der Waals surface area contributed by atoms with Crippen LogP contribution < -0.4 is 0 Å².